The molecule has 0 saturated carbocycles. The van der Waals surface area contributed by atoms with Gasteiger partial charge in [0.1, 0.15) is 17.4 Å². The number of hydrogen-bond donors (Lipinski definition) is 1. The lowest BCUT2D eigenvalue weighted by molar-refractivity contribution is -0.137. The summed E-state index contributed by atoms with van der Waals surface area (Å²) in [5, 5.41) is 0. The van der Waals surface area contributed by atoms with Crippen molar-refractivity contribution in [2.75, 3.05) is 5.73 Å². The molecule has 0 spiro atoms. The average molecular weight is 351 g/mol. The molecule has 0 saturated heterocycles. The number of hydrogen-bond acceptors (Lipinski definition) is 3. The first kappa shape index (κ1) is 14.6. The maximum atomic E-state index is 13.1. The minimum Gasteiger partial charge on any atom is -0.439 e. The summed E-state index contributed by atoms with van der Waals surface area (Å²) >= 11 is 3.04. The van der Waals surface area contributed by atoms with E-state index in [1.54, 1.807) is 0 Å². The Kier molecular flexibility index (Phi) is 3.85. The molecule has 0 unspecified atom stereocenters. The number of pyridine rings is 1. The lowest BCUT2D eigenvalue weighted by atomic mass is 10.2. The zero-order valence-electron chi connectivity index (χ0n) is 9.71. The van der Waals surface area contributed by atoms with Gasteiger partial charge >= 0.3 is 6.18 Å². The van der Waals surface area contributed by atoms with E-state index >= 15 is 0 Å². The van der Waals surface area contributed by atoms with Crippen molar-refractivity contribution in [3.63, 3.8) is 0 Å². The van der Waals surface area contributed by atoms with Gasteiger partial charge in [-0.3, -0.25) is 0 Å². The third kappa shape index (κ3) is 3.60. The predicted molar refractivity (Wildman–Crippen MR) is 67.8 cm³/mol. The number of aromatic nitrogens is 1. The minimum absolute atomic E-state index is 0.00287. The molecule has 0 bridgehead atoms. The molecule has 0 radical (unpaired) electrons. The maximum Gasteiger partial charge on any atom is 0.416 e. The Morgan fingerprint density at radius 3 is 2.40 bits per heavy atom. The van der Waals surface area contributed by atoms with Crippen molar-refractivity contribution in [3.8, 4) is 11.6 Å². The van der Waals surface area contributed by atoms with Gasteiger partial charge in [-0.25, -0.2) is 4.39 Å². The molecular formula is C12H7BrF4N2O. The van der Waals surface area contributed by atoms with Crippen molar-refractivity contribution in [2.45, 2.75) is 6.18 Å². The molecule has 0 amide bonds. The molecule has 2 aromatic rings. The third-order valence-electron chi connectivity index (χ3n) is 2.21. The lowest BCUT2D eigenvalue weighted by Gasteiger charge is -2.10. The molecule has 2 N–H and O–H groups in total. The first-order valence-corrected chi connectivity index (χ1v) is 6.02. The summed E-state index contributed by atoms with van der Waals surface area (Å²) in [4.78, 5) is 3.62. The van der Waals surface area contributed by atoms with Gasteiger partial charge < -0.3 is 10.5 Å². The fourth-order valence-electron chi connectivity index (χ4n) is 1.45. The Bertz CT molecular complexity index is 626. The number of rotatable bonds is 2. The number of nitrogens with zero attached hydrogens (tertiary/aromatic N) is 1. The summed E-state index contributed by atoms with van der Waals surface area (Å²) in [6.45, 7) is 0. The van der Waals surface area contributed by atoms with E-state index in [0.29, 0.717) is 16.6 Å². The van der Waals surface area contributed by atoms with E-state index in [4.69, 9.17) is 10.5 Å². The van der Waals surface area contributed by atoms with Gasteiger partial charge in [-0.15, -0.1) is 0 Å². The Morgan fingerprint density at radius 1 is 1.10 bits per heavy atom. The Morgan fingerprint density at radius 2 is 1.80 bits per heavy atom. The highest BCUT2D eigenvalue weighted by atomic mass is 79.9. The highest BCUT2D eigenvalue weighted by Gasteiger charge is 2.31. The van der Waals surface area contributed by atoms with Crippen molar-refractivity contribution < 1.29 is 22.3 Å². The zero-order valence-corrected chi connectivity index (χ0v) is 11.3. The topological polar surface area (TPSA) is 48.1 Å². The highest BCUT2D eigenvalue weighted by molar-refractivity contribution is 9.10. The van der Waals surface area contributed by atoms with Crippen LogP contribution in [0.3, 0.4) is 0 Å². The quantitative estimate of drug-likeness (QED) is 0.817. The molecule has 3 nitrogen and oxygen atoms in total. The summed E-state index contributed by atoms with van der Waals surface area (Å²) in [6.07, 6.45) is -4.57. The SMILES string of the molecule is Nc1cc(C(F)(F)F)cc(Oc2cc(F)cc(Br)c2)n1. The van der Waals surface area contributed by atoms with Crippen LogP contribution in [0.5, 0.6) is 11.6 Å². The molecule has 0 aliphatic heterocycles. The van der Waals surface area contributed by atoms with Crippen LogP contribution in [0.2, 0.25) is 0 Å². The van der Waals surface area contributed by atoms with Gasteiger partial charge in [-0.1, -0.05) is 15.9 Å². The van der Waals surface area contributed by atoms with Crippen molar-refractivity contribution in [1.82, 2.24) is 4.98 Å². The molecule has 2 rings (SSSR count). The average Bonchev–Trinajstić information content (AvgIpc) is 2.25. The first-order valence-electron chi connectivity index (χ1n) is 5.23. The summed E-state index contributed by atoms with van der Waals surface area (Å²) in [7, 11) is 0. The highest BCUT2D eigenvalue weighted by Crippen LogP contribution is 2.33. The maximum absolute atomic E-state index is 13.1. The molecule has 0 fully saturated rings. The summed E-state index contributed by atoms with van der Waals surface area (Å²) in [5.41, 5.74) is 4.30. The Balaban J connectivity index is 2.36. The van der Waals surface area contributed by atoms with Gasteiger partial charge in [0, 0.05) is 16.6 Å². The van der Waals surface area contributed by atoms with E-state index in [0.717, 1.165) is 6.07 Å². The van der Waals surface area contributed by atoms with Crippen LogP contribution in [-0.2, 0) is 6.18 Å². The monoisotopic (exact) mass is 350 g/mol. The molecule has 106 valence electrons. The molecule has 0 aliphatic rings. The Labute approximate surface area is 119 Å². The van der Waals surface area contributed by atoms with Crippen molar-refractivity contribution in [3.05, 3.63) is 46.2 Å². The number of ether oxygens (including phenoxy) is 1. The van der Waals surface area contributed by atoms with Crippen LogP contribution in [-0.4, -0.2) is 4.98 Å². The molecule has 0 atom stereocenters. The number of benzene rings is 1. The molecule has 20 heavy (non-hydrogen) atoms. The van der Waals surface area contributed by atoms with E-state index in [1.807, 2.05) is 0 Å². The van der Waals surface area contributed by atoms with Gasteiger partial charge in [0.05, 0.1) is 5.56 Å². The van der Waals surface area contributed by atoms with Gasteiger partial charge in [0.25, 0.3) is 0 Å². The van der Waals surface area contributed by atoms with E-state index in [-0.39, 0.29) is 17.4 Å². The van der Waals surface area contributed by atoms with Crippen LogP contribution in [0.25, 0.3) is 0 Å². The van der Waals surface area contributed by atoms with E-state index < -0.39 is 17.6 Å². The zero-order chi connectivity index (χ0) is 14.9. The second-order valence-electron chi connectivity index (χ2n) is 3.82. The smallest absolute Gasteiger partial charge is 0.416 e. The van der Waals surface area contributed by atoms with Crippen molar-refractivity contribution in [2.24, 2.45) is 0 Å². The second kappa shape index (κ2) is 5.28. The number of alkyl halides is 3. The van der Waals surface area contributed by atoms with E-state index in [2.05, 4.69) is 20.9 Å². The van der Waals surface area contributed by atoms with Gasteiger partial charge in [-0.05, 0) is 18.2 Å². The largest absolute Gasteiger partial charge is 0.439 e. The fraction of sp³-hybridized carbons (Fsp3) is 0.0833. The van der Waals surface area contributed by atoms with Crippen LogP contribution in [0.4, 0.5) is 23.4 Å². The molecule has 1 aromatic carbocycles. The molecule has 1 heterocycles. The van der Waals surface area contributed by atoms with E-state index in [9.17, 15) is 17.6 Å². The predicted octanol–water partition coefficient (Wildman–Crippen LogP) is 4.38. The van der Waals surface area contributed by atoms with E-state index in [1.165, 1.54) is 12.1 Å². The van der Waals surface area contributed by atoms with Gasteiger partial charge in [0.2, 0.25) is 5.88 Å². The molecule has 8 heteroatoms. The number of anilines is 1. The number of nitrogens with two attached hydrogens (primary N) is 1. The van der Waals surface area contributed by atoms with Crippen LogP contribution in [0.15, 0.2) is 34.8 Å². The second-order valence-corrected chi connectivity index (χ2v) is 4.74. The van der Waals surface area contributed by atoms with Gasteiger partial charge in [0.15, 0.2) is 0 Å². The lowest BCUT2D eigenvalue weighted by Crippen LogP contribution is -2.07. The minimum atomic E-state index is -4.57. The summed E-state index contributed by atoms with van der Waals surface area (Å²) in [6, 6.07) is 4.97. The fourth-order valence-corrected chi connectivity index (χ4v) is 1.89. The number of nitrogen functional groups attached to an aromatic ring is 1. The molecule has 1 aromatic heterocycles. The molecule has 0 aliphatic carbocycles. The van der Waals surface area contributed by atoms with Crippen LogP contribution in [0, 0.1) is 5.82 Å². The third-order valence-corrected chi connectivity index (χ3v) is 2.67. The van der Waals surface area contributed by atoms with Crippen LogP contribution < -0.4 is 10.5 Å². The first-order chi connectivity index (χ1) is 9.24. The number of halogens is 5. The molecular weight excluding hydrogens is 344 g/mol. The summed E-state index contributed by atoms with van der Waals surface area (Å²) < 4.78 is 56.4. The normalized spacial score (nSPS) is 11.4. The van der Waals surface area contributed by atoms with Crippen molar-refractivity contribution >= 4 is 21.7 Å². The van der Waals surface area contributed by atoms with Crippen molar-refractivity contribution in [1.29, 1.82) is 0 Å². The summed E-state index contributed by atoms with van der Waals surface area (Å²) in [5.74, 6) is -1.31. The van der Waals surface area contributed by atoms with Crippen LogP contribution >= 0.6 is 15.9 Å². The van der Waals surface area contributed by atoms with Gasteiger partial charge in [-0.2, -0.15) is 18.2 Å². The Hall–Kier alpha value is -1.83. The van der Waals surface area contributed by atoms with Crippen LogP contribution in [0.1, 0.15) is 5.56 Å². The standard InChI is InChI=1S/C12H7BrF4N2O/c13-7-3-8(14)5-9(4-7)20-11-2-6(12(15,16)17)1-10(18)19-11/h1-5H,(H2,18,19).